The summed E-state index contributed by atoms with van der Waals surface area (Å²) >= 11 is 0. The molecule has 1 N–H and O–H groups in total. The molecule has 5 heteroatoms. The van der Waals surface area contributed by atoms with Gasteiger partial charge in [0, 0.05) is 18.2 Å². The van der Waals surface area contributed by atoms with Crippen LogP contribution in [0.4, 0.5) is 5.69 Å². The first-order chi connectivity index (χ1) is 9.68. The maximum Gasteiger partial charge on any atom is 0.272 e. The minimum Gasteiger partial charge on any atom is -0.313 e. The lowest BCUT2D eigenvalue weighted by atomic mass is 10.1. The topological polar surface area (TPSA) is 58.4 Å². The summed E-state index contributed by atoms with van der Waals surface area (Å²) < 4.78 is 0. The molecule has 0 unspecified atom stereocenters. The van der Waals surface area contributed by atoms with Crippen LogP contribution in [0.3, 0.4) is 0 Å². The van der Waals surface area contributed by atoms with Crippen molar-refractivity contribution in [3.8, 4) is 0 Å². The van der Waals surface area contributed by atoms with Gasteiger partial charge in [-0.15, -0.1) is 0 Å². The van der Waals surface area contributed by atoms with Crippen LogP contribution in [-0.4, -0.2) is 36.0 Å². The van der Waals surface area contributed by atoms with Crippen molar-refractivity contribution in [3.63, 3.8) is 0 Å². The van der Waals surface area contributed by atoms with Crippen LogP contribution >= 0.6 is 0 Å². The fourth-order valence-corrected chi connectivity index (χ4v) is 2.72. The third-order valence-electron chi connectivity index (χ3n) is 3.96. The Balaban J connectivity index is 1.73. The van der Waals surface area contributed by atoms with E-state index in [2.05, 4.69) is 10.2 Å². The van der Waals surface area contributed by atoms with Crippen molar-refractivity contribution in [1.82, 2.24) is 10.2 Å². The highest BCUT2D eigenvalue weighted by Gasteiger charge is 2.13. The van der Waals surface area contributed by atoms with Crippen LogP contribution in [0.25, 0.3) is 0 Å². The van der Waals surface area contributed by atoms with Gasteiger partial charge in [-0.25, -0.2) is 0 Å². The Morgan fingerprint density at radius 2 is 2.10 bits per heavy atom. The minimum atomic E-state index is -0.313. The second kappa shape index (κ2) is 7.36. The van der Waals surface area contributed by atoms with Gasteiger partial charge in [0.15, 0.2) is 0 Å². The average molecular weight is 277 g/mol. The van der Waals surface area contributed by atoms with Crippen molar-refractivity contribution in [2.45, 2.75) is 32.7 Å². The summed E-state index contributed by atoms with van der Waals surface area (Å²) in [5.41, 5.74) is 1.99. The fraction of sp³-hybridized carbons (Fsp3) is 0.600. The lowest BCUT2D eigenvalue weighted by molar-refractivity contribution is -0.385. The predicted molar refractivity (Wildman–Crippen MR) is 79.8 cm³/mol. The van der Waals surface area contributed by atoms with Crippen molar-refractivity contribution < 1.29 is 4.92 Å². The number of hydrogen-bond acceptors (Lipinski definition) is 4. The molecule has 0 atom stereocenters. The summed E-state index contributed by atoms with van der Waals surface area (Å²) in [5.74, 6) is 0. The average Bonchev–Trinajstić information content (AvgIpc) is 2.93. The van der Waals surface area contributed by atoms with Gasteiger partial charge in [-0.1, -0.05) is 12.1 Å². The van der Waals surface area contributed by atoms with E-state index in [1.807, 2.05) is 13.0 Å². The second-order valence-corrected chi connectivity index (χ2v) is 5.40. The van der Waals surface area contributed by atoms with Crippen molar-refractivity contribution in [3.05, 3.63) is 39.4 Å². The van der Waals surface area contributed by atoms with Gasteiger partial charge in [-0.3, -0.25) is 10.1 Å². The standard InChI is InChI=1S/C15H23N3O2/c1-13-14(6-4-7-15(13)18(19)20)12-16-8-5-11-17-9-2-3-10-17/h4,6-7,16H,2-3,5,8-12H2,1H3. The molecule has 0 radical (unpaired) electrons. The number of nitrogens with zero attached hydrogens (tertiary/aromatic N) is 2. The highest BCUT2D eigenvalue weighted by Crippen LogP contribution is 2.20. The number of hydrogen-bond donors (Lipinski definition) is 1. The van der Waals surface area contributed by atoms with E-state index in [0.717, 1.165) is 30.6 Å². The number of nitro benzene ring substituents is 1. The van der Waals surface area contributed by atoms with Crippen LogP contribution in [0.2, 0.25) is 0 Å². The first-order valence-electron chi connectivity index (χ1n) is 7.34. The Hall–Kier alpha value is -1.46. The molecule has 1 fully saturated rings. The molecule has 20 heavy (non-hydrogen) atoms. The summed E-state index contributed by atoms with van der Waals surface area (Å²) in [7, 11) is 0. The molecule has 0 amide bonds. The third-order valence-corrected chi connectivity index (χ3v) is 3.96. The van der Waals surface area contributed by atoms with Crippen molar-refractivity contribution in [1.29, 1.82) is 0 Å². The highest BCUT2D eigenvalue weighted by atomic mass is 16.6. The molecular weight excluding hydrogens is 254 g/mol. The van der Waals surface area contributed by atoms with Crippen LogP contribution in [0.1, 0.15) is 30.4 Å². The monoisotopic (exact) mass is 277 g/mol. The van der Waals surface area contributed by atoms with Gasteiger partial charge in [-0.05, 0) is 57.9 Å². The molecule has 0 spiro atoms. The molecular formula is C15H23N3O2. The van der Waals surface area contributed by atoms with Gasteiger partial charge < -0.3 is 10.2 Å². The zero-order valence-electron chi connectivity index (χ0n) is 12.1. The molecule has 1 aliphatic rings. The summed E-state index contributed by atoms with van der Waals surface area (Å²) in [6, 6.07) is 5.27. The maximum absolute atomic E-state index is 10.9. The first-order valence-corrected chi connectivity index (χ1v) is 7.34. The van der Waals surface area contributed by atoms with Gasteiger partial charge >= 0.3 is 0 Å². The molecule has 110 valence electrons. The second-order valence-electron chi connectivity index (χ2n) is 5.40. The molecule has 1 aliphatic heterocycles. The zero-order valence-corrected chi connectivity index (χ0v) is 12.1. The van der Waals surface area contributed by atoms with E-state index < -0.39 is 0 Å². The zero-order chi connectivity index (χ0) is 14.4. The molecule has 0 bridgehead atoms. The van der Waals surface area contributed by atoms with Crippen LogP contribution < -0.4 is 5.32 Å². The molecule has 5 nitrogen and oxygen atoms in total. The Bertz CT molecular complexity index is 456. The molecule has 1 aromatic rings. The van der Waals surface area contributed by atoms with Crippen LogP contribution in [0, 0.1) is 17.0 Å². The third kappa shape index (κ3) is 4.02. The van der Waals surface area contributed by atoms with E-state index in [4.69, 9.17) is 0 Å². The highest BCUT2D eigenvalue weighted by molar-refractivity contribution is 5.44. The lowest BCUT2D eigenvalue weighted by Crippen LogP contribution is -2.24. The van der Waals surface area contributed by atoms with E-state index in [1.54, 1.807) is 12.1 Å². The summed E-state index contributed by atoms with van der Waals surface area (Å²) in [6.45, 7) is 7.11. The van der Waals surface area contributed by atoms with Crippen molar-refractivity contribution in [2.24, 2.45) is 0 Å². The number of nitrogens with one attached hydrogen (secondary N) is 1. The predicted octanol–water partition coefficient (Wildman–Crippen LogP) is 2.48. The number of benzene rings is 1. The lowest BCUT2D eigenvalue weighted by Gasteiger charge is -2.14. The Morgan fingerprint density at radius 3 is 2.80 bits per heavy atom. The minimum absolute atomic E-state index is 0.210. The molecule has 0 aliphatic carbocycles. The molecule has 1 aromatic carbocycles. The Kier molecular flexibility index (Phi) is 5.49. The van der Waals surface area contributed by atoms with E-state index >= 15 is 0 Å². The van der Waals surface area contributed by atoms with E-state index in [1.165, 1.54) is 25.9 Å². The van der Waals surface area contributed by atoms with Crippen molar-refractivity contribution in [2.75, 3.05) is 26.2 Å². The van der Waals surface area contributed by atoms with E-state index in [0.29, 0.717) is 6.54 Å². The molecule has 1 heterocycles. The van der Waals surface area contributed by atoms with Gasteiger partial charge in [0.2, 0.25) is 0 Å². The Morgan fingerprint density at radius 1 is 1.35 bits per heavy atom. The summed E-state index contributed by atoms with van der Waals surface area (Å²) in [6.07, 6.45) is 3.80. The van der Waals surface area contributed by atoms with Gasteiger partial charge in [-0.2, -0.15) is 0 Å². The SMILES string of the molecule is Cc1c(CNCCCN2CCCC2)cccc1[N+](=O)[O-]. The molecule has 0 saturated carbocycles. The van der Waals surface area contributed by atoms with E-state index in [9.17, 15) is 10.1 Å². The normalized spacial score (nSPS) is 15.7. The maximum atomic E-state index is 10.9. The van der Waals surface area contributed by atoms with Gasteiger partial charge in [0.25, 0.3) is 5.69 Å². The first kappa shape index (κ1) is 14.9. The summed E-state index contributed by atoms with van der Waals surface area (Å²) in [5, 5.41) is 14.3. The smallest absolute Gasteiger partial charge is 0.272 e. The van der Waals surface area contributed by atoms with Crippen molar-refractivity contribution >= 4 is 5.69 Å². The largest absolute Gasteiger partial charge is 0.313 e. The van der Waals surface area contributed by atoms with Gasteiger partial charge in [0.05, 0.1) is 4.92 Å². The van der Waals surface area contributed by atoms with Crippen LogP contribution in [0.15, 0.2) is 18.2 Å². The van der Waals surface area contributed by atoms with E-state index in [-0.39, 0.29) is 10.6 Å². The fourth-order valence-electron chi connectivity index (χ4n) is 2.72. The van der Waals surface area contributed by atoms with Crippen LogP contribution in [0.5, 0.6) is 0 Å². The quantitative estimate of drug-likeness (QED) is 0.472. The number of rotatable bonds is 7. The number of nitro groups is 1. The van der Waals surface area contributed by atoms with Crippen LogP contribution in [-0.2, 0) is 6.54 Å². The van der Waals surface area contributed by atoms with Gasteiger partial charge in [0.1, 0.15) is 0 Å². The molecule has 1 saturated heterocycles. The number of likely N-dealkylation sites (tertiary alicyclic amines) is 1. The summed E-state index contributed by atoms with van der Waals surface area (Å²) in [4.78, 5) is 13.1. The Labute approximate surface area is 120 Å². The molecule has 2 rings (SSSR count). The molecule has 0 aromatic heterocycles.